The van der Waals surface area contributed by atoms with Gasteiger partial charge in [-0.3, -0.25) is 0 Å². The van der Waals surface area contributed by atoms with E-state index in [1.807, 2.05) is 0 Å². The number of fused-ring (bicyclic) bond motifs is 1. The van der Waals surface area contributed by atoms with Crippen molar-refractivity contribution >= 4 is 11.1 Å². The van der Waals surface area contributed by atoms with Gasteiger partial charge in [-0.05, 0) is 31.0 Å². The number of ether oxygens (including phenoxy) is 1. The molecule has 2 N–H and O–H groups in total. The van der Waals surface area contributed by atoms with Gasteiger partial charge in [0.05, 0.1) is 11.1 Å². The maximum atomic E-state index is 12.7. The van der Waals surface area contributed by atoms with E-state index in [1.165, 1.54) is 6.07 Å². The second-order valence-electron chi connectivity index (χ2n) is 4.97. The Labute approximate surface area is 112 Å². The Morgan fingerprint density at radius 1 is 1.20 bits per heavy atom. The van der Waals surface area contributed by atoms with Gasteiger partial charge < -0.3 is 14.9 Å². The molecule has 4 nitrogen and oxygen atoms in total. The molecule has 1 fully saturated rings. The van der Waals surface area contributed by atoms with Crippen molar-refractivity contribution < 1.29 is 22.3 Å². The predicted molar refractivity (Wildman–Crippen MR) is 64.9 cm³/mol. The van der Waals surface area contributed by atoms with E-state index in [4.69, 9.17) is 14.9 Å². The van der Waals surface area contributed by atoms with Gasteiger partial charge in [-0.2, -0.15) is 13.2 Å². The third kappa shape index (κ3) is 2.27. The summed E-state index contributed by atoms with van der Waals surface area (Å²) in [6.45, 7) is 0.978. The molecule has 0 amide bonds. The molecule has 7 heteroatoms. The molecule has 0 radical (unpaired) electrons. The average molecular weight is 286 g/mol. The number of nitrogens with zero attached hydrogens (tertiary/aromatic N) is 1. The largest absolute Gasteiger partial charge is 0.439 e. The molecule has 2 aromatic rings. The normalized spacial score (nSPS) is 19.4. The molecule has 0 unspecified atom stereocenters. The van der Waals surface area contributed by atoms with Crippen molar-refractivity contribution in [3.8, 4) is 0 Å². The molecule has 0 aliphatic carbocycles. The number of rotatable bonds is 1. The van der Waals surface area contributed by atoms with Gasteiger partial charge in [-0.1, -0.05) is 0 Å². The maximum absolute atomic E-state index is 12.7. The van der Waals surface area contributed by atoms with E-state index in [1.54, 1.807) is 0 Å². The van der Waals surface area contributed by atoms with Gasteiger partial charge in [-0.15, -0.1) is 0 Å². The summed E-state index contributed by atoms with van der Waals surface area (Å²) in [4.78, 5) is 4.14. The summed E-state index contributed by atoms with van der Waals surface area (Å²) in [5, 5.41) is 0. The second-order valence-corrected chi connectivity index (χ2v) is 4.97. The summed E-state index contributed by atoms with van der Waals surface area (Å²) >= 11 is 0. The third-order valence-corrected chi connectivity index (χ3v) is 3.53. The quantitative estimate of drug-likeness (QED) is 0.875. The molecule has 1 aromatic carbocycles. The van der Waals surface area contributed by atoms with Crippen molar-refractivity contribution in [3.05, 3.63) is 29.7 Å². The zero-order valence-electron chi connectivity index (χ0n) is 10.5. The van der Waals surface area contributed by atoms with Gasteiger partial charge >= 0.3 is 6.18 Å². The monoisotopic (exact) mass is 286 g/mol. The van der Waals surface area contributed by atoms with Crippen LogP contribution in [0.4, 0.5) is 13.2 Å². The minimum atomic E-state index is -4.40. The fourth-order valence-corrected chi connectivity index (χ4v) is 2.27. The van der Waals surface area contributed by atoms with Gasteiger partial charge in [0.1, 0.15) is 5.52 Å². The minimum Gasteiger partial charge on any atom is -0.439 e. The van der Waals surface area contributed by atoms with Crippen LogP contribution in [0.15, 0.2) is 22.6 Å². The third-order valence-electron chi connectivity index (χ3n) is 3.53. The Morgan fingerprint density at radius 2 is 1.90 bits per heavy atom. The molecule has 20 heavy (non-hydrogen) atoms. The Bertz CT molecular complexity index is 630. The highest BCUT2D eigenvalue weighted by Gasteiger charge is 2.36. The van der Waals surface area contributed by atoms with Crippen LogP contribution in [-0.2, 0) is 16.5 Å². The SMILES string of the molecule is NC1(c2nc3cc(C(F)(F)F)ccc3o2)CCOCC1. The van der Waals surface area contributed by atoms with Crippen molar-refractivity contribution in [1.29, 1.82) is 0 Å². The highest BCUT2D eigenvalue weighted by Crippen LogP contribution is 2.34. The second kappa shape index (κ2) is 4.46. The van der Waals surface area contributed by atoms with E-state index in [0.29, 0.717) is 31.6 Å². The van der Waals surface area contributed by atoms with Gasteiger partial charge in [0, 0.05) is 13.2 Å². The highest BCUT2D eigenvalue weighted by molar-refractivity contribution is 5.73. The summed E-state index contributed by atoms with van der Waals surface area (Å²) in [5.41, 5.74) is 5.18. The number of aromatic nitrogens is 1. The Morgan fingerprint density at radius 3 is 2.55 bits per heavy atom. The number of hydrogen-bond donors (Lipinski definition) is 1. The fraction of sp³-hybridized carbons (Fsp3) is 0.462. The van der Waals surface area contributed by atoms with Crippen LogP contribution in [0.5, 0.6) is 0 Å². The first-order chi connectivity index (χ1) is 9.38. The van der Waals surface area contributed by atoms with E-state index in [9.17, 15) is 13.2 Å². The van der Waals surface area contributed by atoms with Crippen molar-refractivity contribution in [2.75, 3.05) is 13.2 Å². The smallest absolute Gasteiger partial charge is 0.416 e. The van der Waals surface area contributed by atoms with E-state index >= 15 is 0 Å². The van der Waals surface area contributed by atoms with Crippen LogP contribution in [0.2, 0.25) is 0 Å². The van der Waals surface area contributed by atoms with Crippen LogP contribution >= 0.6 is 0 Å². The molecular weight excluding hydrogens is 273 g/mol. The molecule has 0 bridgehead atoms. The molecule has 0 saturated carbocycles. The molecule has 3 rings (SSSR count). The molecule has 108 valence electrons. The molecule has 1 saturated heterocycles. The first kappa shape index (κ1) is 13.4. The van der Waals surface area contributed by atoms with Gasteiger partial charge in [0.25, 0.3) is 0 Å². The lowest BCUT2D eigenvalue weighted by Crippen LogP contribution is -2.42. The van der Waals surface area contributed by atoms with Crippen LogP contribution in [0.3, 0.4) is 0 Å². The lowest BCUT2D eigenvalue weighted by molar-refractivity contribution is -0.137. The van der Waals surface area contributed by atoms with E-state index in [2.05, 4.69) is 4.98 Å². The van der Waals surface area contributed by atoms with Crippen LogP contribution < -0.4 is 5.73 Å². The fourth-order valence-electron chi connectivity index (χ4n) is 2.27. The van der Waals surface area contributed by atoms with E-state index in [-0.39, 0.29) is 11.4 Å². The molecule has 2 heterocycles. The molecule has 1 aliphatic heterocycles. The van der Waals surface area contributed by atoms with Crippen LogP contribution in [0.1, 0.15) is 24.3 Å². The number of oxazole rings is 1. The summed E-state index contributed by atoms with van der Waals surface area (Å²) in [7, 11) is 0. The summed E-state index contributed by atoms with van der Waals surface area (Å²) < 4.78 is 48.7. The summed E-state index contributed by atoms with van der Waals surface area (Å²) in [5.74, 6) is 0.273. The number of benzene rings is 1. The number of hydrogen-bond acceptors (Lipinski definition) is 4. The summed E-state index contributed by atoms with van der Waals surface area (Å²) in [6.07, 6.45) is -3.33. The molecule has 0 atom stereocenters. The highest BCUT2D eigenvalue weighted by atomic mass is 19.4. The van der Waals surface area contributed by atoms with E-state index in [0.717, 1.165) is 12.1 Å². The Hall–Kier alpha value is -1.60. The molecule has 1 aromatic heterocycles. The van der Waals surface area contributed by atoms with Gasteiger partial charge in [0.2, 0.25) is 5.89 Å². The van der Waals surface area contributed by atoms with Crippen LogP contribution in [-0.4, -0.2) is 18.2 Å². The zero-order chi connectivity index (χ0) is 14.4. The van der Waals surface area contributed by atoms with Gasteiger partial charge in [-0.25, -0.2) is 4.98 Å². The van der Waals surface area contributed by atoms with Crippen molar-refractivity contribution in [2.24, 2.45) is 5.73 Å². The number of alkyl halides is 3. The first-order valence-corrected chi connectivity index (χ1v) is 6.23. The minimum absolute atomic E-state index is 0.172. The summed E-state index contributed by atoms with van der Waals surface area (Å²) in [6, 6.07) is 3.23. The van der Waals surface area contributed by atoms with Gasteiger partial charge in [0.15, 0.2) is 5.58 Å². The van der Waals surface area contributed by atoms with Crippen LogP contribution in [0.25, 0.3) is 11.1 Å². The maximum Gasteiger partial charge on any atom is 0.416 e. The average Bonchev–Trinajstić information content (AvgIpc) is 2.82. The Kier molecular flexibility index (Phi) is 2.98. The first-order valence-electron chi connectivity index (χ1n) is 6.23. The lowest BCUT2D eigenvalue weighted by atomic mass is 9.91. The predicted octanol–water partition coefficient (Wildman–Crippen LogP) is 2.81. The standard InChI is InChI=1S/C13H13F3N2O2/c14-13(15,16)8-1-2-10-9(7-8)18-11(20-10)12(17)3-5-19-6-4-12/h1-2,7H,3-6,17H2. The molecule has 1 aliphatic rings. The number of halogens is 3. The Balaban J connectivity index is 2.02. The number of nitrogens with two attached hydrogens (primary N) is 1. The zero-order valence-corrected chi connectivity index (χ0v) is 10.5. The molecular formula is C13H13F3N2O2. The van der Waals surface area contributed by atoms with E-state index < -0.39 is 17.3 Å². The lowest BCUT2D eigenvalue weighted by Gasteiger charge is -2.29. The van der Waals surface area contributed by atoms with Crippen molar-refractivity contribution in [2.45, 2.75) is 24.6 Å². The van der Waals surface area contributed by atoms with Crippen molar-refractivity contribution in [3.63, 3.8) is 0 Å². The van der Waals surface area contributed by atoms with Crippen molar-refractivity contribution in [1.82, 2.24) is 4.98 Å². The van der Waals surface area contributed by atoms with Crippen LogP contribution in [0, 0.1) is 0 Å². The molecule has 0 spiro atoms. The topological polar surface area (TPSA) is 61.3 Å².